The van der Waals surface area contributed by atoms with Crippen LogP contribution < -0.4 is 25.4 Å². The number of aryl methyl sites for hydroxylation is 2. The number of furan rings is 1. The number of halogens is 1. The summed E-state index contributed by atoms with van der Waals surface area (Å²) >= 11 is 3.37. The molecule has 0 unspecified atom stereocenters. The molecule has 2 amide bonds. The Morgan fingerprint density at radius 2 is 1.77 bits per heavy atom. The summed E-state index contributed by atoms with van der Waals surface area (Å²) in [5.41, 5.74) is 11.4. The van der Waals surface area contributed by atoms with Crippen LogP contribution in [0.1, 0.15) is 33.3 Å². The van der Waals surface area contributed by atoms with Crippen molar-refractivity contribution in [2.75, 3.05) is 13.7 Å². The smallest absolute Gasteiger partial charge is 0.307 e. The number of hydrazone groups is 1. The van der Waals surface area contributed by atoms with E-state index in [0.717, 1.165) is 17.1 Å². The van der Waals surface area contributed by atoms with Crippen molar-refractivity contribution < 1.29 is 28.2 Å². The van der Waals surface area contributed by atoms with Crippen molar-refractivity contribution in [2.45, 2.75) is 20.5 Å². The number of benzene rings is 2. The highest BCUT2D eigenvalue weighted by Gasteiger charge is 2.14. The predicted octanol–water partition coefficient (Wildman–Crippen LogP) is 4.67. The third kappa shape index (κ3) is 6.88. The first-order valence-electron chi connectivity index (χ1n) is 11.8. The van der Waals surface area contributed by atoms with E-state index in [0.29, 0.717) is 27.3 Å². The molecule has 0 aliphatic carbocycles. The van der Waals surface area contributed by atoms with Crippen molar-refractivity contribution in [3.63, 3.8) is 0 Å². The van der Waals surface area contributed by atoms with Crippen molar-refractivity contribution in [1.82, 2.24) is 9.99 Å². The SMILES string of the molecule is COc1cc(Br)cc(C=NNC(=O)c2ccc(COc3ccc(-n4c(C)ccc4C)cc3)o2)c1OCC(N)=O. The number of nitrogens with zero attached hydrogens (tertiary/aromatic N) is 2. The highest BCUT2D eigenvalue weighted by atomic mass is 79.9. The fraction of sp³-hybridized carbons (Fsp3) is 0.179. The monoisotopic (exact) mass is 594 g/mol. The predicted molar refractivity (Wildman–Crippen MR) is 149 cm³/mol. The number of carbonyl (C=O) groups excluding carboxylic acids is 2. The van der Waals surface area contributed by atoms with Gasteiger partial charge >= 0.3 is 5.91 Å². The fourth-order valence-corrected chi connectivity index (χ4v) is 4.30. The van der Waals surface area contributed by atoms with Gasteiger partial charge in [-0.3, -0.25) is 9.59 Å². The molecule has 2 aromatic heterocycles. The minimum absolute atomic E-state index is 0.0664. The molecule has 11 heteroatoms. The van der Waals surface area contributed by atoms with Gasteiger partial charge in [-0.25, -0.2) is 5.43 Å². The maximum Gasteiger partial charge on any atom is 0.307 e. The molecular weight excluding hydrogens is 568 g/mol. The Bertz CT molecular complexity index is 1490. The molecule has 202 valence electrons. The van der Waals surface area contributed by atoms with Crippen LogP contribution in [0.3, 0.4) is 0 Å². The summed E-state index contributed by atoms with van der Waals surface area (Å²) in [5, 5.41) is 3.98. The van der Waals surface area contributed by atoms with Gasteiger partial charge in [0.05, 0.1) is 13.3 Å². The van der Waals surface area contributed by atoms with Crippen molar-refractivity contribution in [1.29, 1.82) is 0 Å². The minimum Gasteiger partial charge on any atom is -0.493 e. The van der Waals surface area contributed by atoms with Crippen LogP contribution in [0.2, 0.25) is 0 Å². The van der Waals surface area contributed by atoms with Gasteiger partial charge < -0.3 is 28.9 Å². The van der Waals surface area contributed by atoms with E-state index < -0.39 is 11.8 Å². The van der Waals surface area contributed by atoms with E-state index in [4.69, 9.17) is 24.4 Å². The van der Waals surface area contributed by atoms with Crippen LogP contribution in [0, 0.1) is 13.8 Å². The van der Waals surface area contributed by atoms with E-state index in [1.807, 2.05) is 24.3 Å². The molecular formula is C28H27BrN4O6. The standard InChI is InChI=1S/C28H27BrN4O6/c1-17-4-5-18(2)33(17)21-6-8-22(9-7-21)37-15-23-10-11-24(39-23)28(35)32-31-14-19-12-20(29)13-25(36-3)27(19)38-16-26(30)34/h4-14H,15-16H2,1-3H3,(H2,30,34)(H,32,35). The molecule has 10 nitrogen and oxygen atoms in total. The molecule has 0 aliphatic heterocycles. The lowest BCUT2D eigenvalue weighted by Gasteiger charge is -2.12. The van der Waals surface area contributed by atoms with Crippen molar-refractivity contribution in [2.24, 2.45) is 10.8 Å². The summed E-state index contributed by atoms with van der Waals surface area (Å²) in [6.45, 7) is 3.92. The second-order valence-electron chi connectivity index (χ2n) is 8.48. The zero-order valence-electron chi connectivity index (χ0n) is 21.6. The average Bonchev–Trinajstić information content (AvgIpc) is 3.52. The molecule has 0 saturated carbocycles. The van der Waals surface area contributed by atoms with Crippen LogP contribution in [0.25, 0.3) is 5.69 Å². The van der Waals surface area contributed by atoms with Gasteiger partial charge in [0.1, 0.15) is 18.1 Å². The van der Waals surface area contributed by atoms with E-state index in [9.17, 15) is 9.59 Å². The molecule has 4 aromatic rings. The number of hydrogen-bond acceptors (Lipinski definition) is 7. The molecule has 0 radical (unpaired) electrons. The van der Waals surface area contributed by atoms with E-state index in [1.54, 1.807) is 18.2 Å². The van der Waals surface area contributed by atoms with Crippen molar-refractivity contribution >= 4 is 34.0 Å². The number of primary amides is 1. The Labute approximate surface area is 233 Å². The maximum atomic E-state index is 12.5. The van der Waals surface area contributed by atoms with Gasteiger partial charge in [0.2, 0.25) is 0 Å². The van der Waals surface area contributed by atoms with Crippen LogP contribution in [0.5, 0.6) is 17.2 Å². The Kier molecular flexibility index (Phi) is 8.72. The van der Waals surface area contributed by atoms with Gasteiger partial charge in [0.15, 0.2) is 23.9 Å². The number of amides is 2. The molecule has 0 bridgehead atoms. The Balaban J connectivity index is 1.36. The lowest BCUT2D eigenvalue weighted by molar-refractivity contribution is -0.119. The second kappa shape index (κ2) is 12.4. The molecule has 3 N–H and O–H groups in total. The number of methoxy groups -OCH3 is 1. The van der Waals surface area contributed by atoms with E-state index >= 15 is 0 Å². The number of nitrogens with two attached hydrogens (primary N) is 1. The molecule has 2 heterocycles. The van der Waals surface area contributed by atoms with E-state index in [2.05, 4.69) is 57.0 Å². The molecule has 0 saturated heterocycles. The van der Waals surface area contributed by atoms with Crippen LogP contribution >= 0.6 is 15.9 Å². The van der Waals surface area contributed by atoms with Gasteiger partial charge in [0, 0.05) is 27.1 Å². The molecule has 0 atom stereocenters. The Morgan fingerprint density at radius 3 is 2.44 bits per heavy atom. The van der Waals surface area contributed by atoms with Gasteiger partial charge in [-0.2, -0.15) is 5.10 Å². The lowest BCUT2D eigenvalue weighted by Crippen LogP contribution is -2.21. The van der Waals surface area contributed by atoms with Crippen LogP contribution in [-0.2, 0) is 11.4 Å². The highest BCUT2D eigenvalue weighted by Crippen LogP contribution is 2.34. The van der Waals surface area contributed by atoms with Gasteiger partial charge in [-0.1, -0.05) is 15.9 Å². The molecule has 0 spiro atoms. The summed E-state index contributed by atoms with van der Waals surface area (Å²) in [7, 11) is 1.46. The number of carbonyl (C=O) groups is 2. The summed E-state index contributed by atoms with van der Waals surface area (Å²) in [4.78, 5) is 23.7. The topological polar surface area (TPSA) is 130 Å². The number of aromatic nitrogens is 1. The fourth-order valence-electron chi connectivity index (χ4n) is 3.85. The molecule has 0 fully saturated rings. The third-order valence-electron chi connectivity index (χ3n) is 5.63. The van der Waals surface area contributed by atoms with E-state index in [1.165, 1.54) is 19.4 Å². The van der Waals surface area contributed by atoms with Crippen LogP contribution in [0.4, 0.5) is 0 Å². The summed E-state index contributed by atoms with van der Waals surface area (Å²) < 4.78 is 25.0. The second-order valence-corrected chi connectivity index (χ2v) is 9.40. The average molecular weight is 595 g/mol. The zero-order valence-corrected chi connectivity index (χ0v) is 23.2. The van der Waals surface area contributed by atoms with Crippen molar-refractivity contribution in [3.05, 3.63) is 93.6 Å². The van der Waals surface area contributed by atoms with Gasteiger partial charge in [-0.15, -0.1) is 0 Å². The first kappa shape index (κ1) is 27.5. The first-order chi connectivity index (χ1) is 18.7. The van der Waals surface area contributed by atoms with Crippen molar-refractivity contribution in [3.8, 4) is 22.9 Å². The minimum atomic E-state index is -0.645. The summed E-state index contributed by atoms with van der Waals surface area (Å²) in [6.07, 6.45) is 1.36. The maximum absolute atomic E-state index is 12.5. The Hall–Kier alpha value is -4.51. The summed E-state index contributed by atoms with van der Waals surface area (Å²) in [6, 6.07) is 18.4. The third-order valence-corrected chi connectivity index (χ3v) is 6.09. The quantitative estimate of drug-likeness (QED) is 0.192. The van der Waals surface area contributed by atoms with Gasteiger partial charge in [-0.05, 0) is 74.5 Å². The molecule has 2 aromatic carbocycles. The normalized spacial score (nSPS) is 11.0. The number of rotatable bonds is 11. The largest absolute Gasteiger partial charge is 0.493 e. The molecule has 4 rings (SSSR count). The number of nitrogens with one attached hydrogen (secondary N) is 1. The molecule has 0 aliphatic rings. The number of hydrogen-bond donors (Lipinski definition) is 2. The lowest BCUT2D eigenvalue weighted by atomic mass is 10.2. The molecule has 39 heavy (non-hydrogen) atoms. The van der Waals surface area contributed by atoms with Gasteiger partial charge in [0.25, 0.3) is 5.91 Å². The van der Waals surface area contributed by atoms with Crippen LogP contribution in [-0.4, -0.2) is 36.3 Å². The summed E-state index contributed by atoms with van der Waals surface area (Å²) in [5.74, 6) is 0.627. The highest BCUT2D eigenvalue weighted by molar-refractivity contribution is 9.10. The number of ether oxygens (including phenoxy) is 3. The van der Waals surface area contributed by atoms with E-state index in [-0.39, 0.29) is 24.7 Å². The first-order valence-corrected chi connectivity index (χ1v) is 12.6. The zero-order chi connectivity index (χ0) is 27.9. The van der Waals surface area contributed by atoms with Crippen LogP contribution in [0.15, 0.2) is 74.7 Å². The Morgan fingerprint density at radius 1 is 1.05 bits per heavy atom.